The van der Waals surface area contributed by atoms with Crippen LogP contribution in [0.5, 0.6) is 0 Å². The molecule has 1 aliphatic heterocycles. The Hall–Kier alpha value is -3.03. The molecule has 1 amide bonds. The molecule has 0 bridgehead atoms. The third-order valence-corrected chi connectivity index (χ3v) is 4.39. The predicted octanol–water partition coefficient (Wildman–Crippen LogP) is 1.14. The van der Waals surface area contributed by atoms with Crippen LogP contribution >= 0.6 is 0 Å². The van der Waals surface area contributed by atoms with E-state index in [0.717, 1.165) is 41.9 Å². The molecular weight excluding hydrogens is 318 g/mol. The summed E-state index contributed by atoms with van der Waals surface area (Å²) in [6.45, 7) is 3.11. The zero-order chi connectivity index (χ0) is 17.4. The largest absolute Gasteiger partial charge is 0.354 e. The summed E-state index contributed by atoms with van der Waals surface area (Å²) >= 11 is 0. The molecule has 4 heterocycles. The third-order valence-electron chi connectivity index (χ3n) is 4.39. The van der Waals surface area contributed by atoms with Crippen molar-refractivity contribution >= 4 is 22.8 Å². The first-order valence-corrected chi connectivity index (χ1v) is 8.24. The van der Waals surface area contributed by atoms with E-state index in [2.05, 4.69) is 25.3 Å². The van der Waals surface area contributed by atoms with Crippen molar-refractivity contribution in [3.63, 3.8) is 0 Å². The van der Waals surface area contributed by atoms with Gasteiger partial charge in [0.2, 0.25) is 5.91 Å². The van der Waals surface area contributed by atoms with Gasteiger partial charge in [0.25, 0.3) is 0 Å². The average Bonchev–Trinajstić information content (AvgIpc) is 3.22. The van der Waals surface area contributed by atoms with Crippen molar-refractivity contribution in [3.05, 3.63) is 30.7 Å². The van der Waals surface area contributed by atoms with Crippen LogP contribution in [-0.4, -0.2) is 49.8 Å². The quantitative estimate of drug-likeness (QED) is 0.771. The number of nitrogens with zero attached hydrogens (tertiary/aromatic N) is 6. The van der Waals surface area contributed by atoms with Gasteiger partial charge in [0.15, 0.2) is 11.5 Å². The highest BCUT2D eigenvalue weighted by molar-refractivity contribution is 5.88. The Morgan fingerprint density at radius 1 is 1.32 bits per heavy atom. The van der Waals surface area contributed by atoms with Crippen molar-refractivity contribution in [3.8, 4) is 11.4 Å². The maximum absolute atomic E-state index is 11.3. The van der Waals surface area contributed by atoms with Crippen LogP contribution < -0.4 is 10.2 Å². The smallest absolute Gasteiger partial charge is 0.217 e. The normalized spacial score (nSPS) is 17.2. The highest BCUT2D eigenvalue weighted by atomic mass is 16.1. The fourth-order valence-electron chi connectivity index (χ4n) is 3.23. The second-order valence-corrected chi connectivity index (χ2v) is 6.25. The van der Waals surface area contributed by atoms with Crippen molar-refractivity contribution < 1.29 is 4.79 Å². The maximum atomic E-state index is 11.3. The Morgan fingerprint density at radius 3 is 2.96 bits per heavy atom. The molecule has 8 nitrogen and oxygen atoms in total. The average molecular weight is 337 g/mol. The first-order chi connectivity index (χ1) is 12.1. The van der Waals surface area contributed by atoms with E-state index in [4.69, 9.17) is 4.98 Å². The number of carbonyl (C=O) groups is 1. The molecule has 25 heavy (non-hydrogen) atoms. The minimum atomic E-state index is -0.00267. The molecule has 0 aliphatic carbocycles. The summed E-state index contributed by atoms with van der Waals surface area (Å²) in [6.07, 6.45) is 6.17. The van der Waals surface area contributed by atoms with Crippen molar-refractivity contribution in [1.82, 2.24) is 30.0 Å². The number of hydrogen-bond acceptors (Lipinski definition) is 6. The summed E-state index contributed by atoms with van der Waals surface area (Å²) in [6, 6.07) is 3.95. The Labute approximate surface area is 144 Å². The van der Waals surface area contributed by atoms with Crippen LogP contribution in [0, 0.1) is 0 Å². The molecule has 0 spiro atoms. The van der Waals surface area contributed by atoms with Gasteiger partial charge in [-0.2, -0.15) is 5.10 Å². The summed E-state index contributed by atoms with van der Waals surface area (Å²) in [5.41, 5.74) is 1.65. The van der Waals surface area contributed by atoms with E-state index in [1.165, 1.54) is 0 Å². The summed E-state index contributed by atoms with van der Waals surface area (Å²) in [5, 5.41) is 8.23. The summed E-state index contributed by atoms with van der Waals surface area (Å²) in [4.78, 5) is 27.1. The standard InChI is InChI=1S/C17H19N7O/c1-11(25)20-13-5-7-24(10-13)17-14-9-19-23(2)16(14)21-15(22-17)12-4-3-6-18-8-12/h3-4,6,8-9,13H,5,7,10H2,1-2H3,(H,20,25)/t13-/m0/s1. The molecule has 4 rings (SSSR count). The monoisotopic (exact) mass is 337 g/mol. The number of nitrogens with one attached hydrogen (secondary N) is 1. The number of amides is 1. The van der Waals surface area contributed by atoms with Crippen LogP contribution in [0.15, 0.2) is 30.7 Å². The lowest BCUT2D eigenvalue weighted by molar-refractivity contribution is -0.119. The van der Waals surface area contributed by atoms with Gasteiger partial charge in [-0.3, -0.25) is 14.5 Å². The van der Waals surface area contributed by atoms with E-state index in [9.17, 15) is 4.79 Å². The Balaban J connectivity index is 1.76. The Kier molecular flexibility index (Phi) is 3.79. The number of carbonyl (C=O) groups excluding carboxylic acids is 1. The molecule has 0 radical (unpaired) electrons. The molecule has 8 heteroatoms. The minimum Gasteiger partial charge on any atom is -0.354 e. The van der Waals surface area contributed by atoms with Gasteiger partial charge in [0.05, 0.1) is 11.6 Å². The number of aromatic nitrogens is 5. The van der Waals surface area contributed by atoms with Crippen molar-refractivity contribution in [2.75, 3.05) is 18.0 Å². The van der Waals surface area contributed by atoms with Crippen LogP contribution in [0.25, 0.3) is 22.4 Å². The Bertz CT molecular complexity index is 921. The molecule has 3 aromatic rings. The second-order valence-electron chi connectivity index (χ2n) is 6.25. The van der Waals surface area contributed by atoms with Gasteiger partial charge >= 0.3 is 0 Å². The molecule has 3 aromatic heterocycles. The van der Waals surface area contributed by atoms with E-state index >= 15 is 0 Å². The van der Waals surface area contributed by atoms with Gasteiger partial charge < -0.3 is 10.2 Å². The Morgan fingerprint density at radius 2 is 2.20 bits per heavy atom. The highest BCUT2D eigenvalue weighted by Gasteiger charge is 2.27. The molecule has 0 unspecified atom stereocenters. The van der Waals surface area contributed by atoms with Crippen LogP contribution in [0.3, 0.4) is 0 Å². The highest BCUT2D eigenvalue weighted by Crippen LogP contribution is 2.29. The molecule has 1 N–H and O–H groups in total. The van der Waals surface area contributed by atoms with E-state index in [1.807, 2.05) is 19.2 Å². The van der Waals surface area contributed by atoms with Gasteiger partial charge in [0, 0.05) is 51.1 Å². The molecule has 0 saturated carbocycles. The number of pyridine rings is 1. The first-order valence-electron chi connectivity index (χ1n) is 8.24. The number of fused-ring (bicyclic) bond motifs is 1. The van der Waals surface area contributed by atoms with Gasteiger partial charge in [-0.1, -0.05) is 0 Å². The first kappa shape index (κ1) is 15.5. The van der Waals surface area contributed by atoms with Crippen LogP contribution in [-0.2, 0) is 11.8 Å². The minimum absolute atomic E-state index is 0.00267. The van der Waals surface area contributed by atoms with E-state index < -0.39 is 0 Å². The lowest BCUT2D eigenvalue weighted by atomic mass is 10.2. The zero-order valence-electron chi connectivity index (χ0n) is 14.2. The van der Waals surface area contributed by atoms with Crippen molar-refractivity contribution in [2.24, 2.45) is 7.05 Å². The lowest BCUT2D eigenvalue weighted by Crippen LogP contribution is -2.35. The number of hydrogen-bond donors (Lipinski definition) is 1. The molecule has 1 fully saturated rings. The van der Waals surface area contributed by atoms with Crippen molar-refractivity contribution in [2.45, 2.75) is 19.4 Å². The summed E-state index contributed by atoms with van der Waals surface area (Å²) in [7, 11) is 1.87. The van der Waals surface area contributed by atoms with Crippen molar-refractivity contribution in [1.29, 1.82) is 0 Å². The molecule has 1 atom stereocenters. The molecule has 128 valence electrons. The number of anilines is 1. The van der Waals surface area contributed by atoms with Gasteiger partial charge in [-0.05, 0) is 18.6 Å². The fourth-order valence-corrected chi connectivity index (χ4v) is 3.23. The van der Waals surface area contributed by atoms with Crippen LogP contribution in [0.4, 0.5) is 5.82 Å². The molecule has 1 aliphatic rings. The molecule has 1 saturated heterocycles. The fraction of sp³-hybridized carbons (Fsp3) is 0.353. The SMILES string of the molecule is CC(=O)N[C@H]1CCN(c2nc(-c3cccnc3)nc3c2cnn3C)C1. The predicted molar refractivity (Wildman–Crippen MR) is 94.0 cm³/mol. The summed E-state index contributed by atoms with van der Waals surface area (Å²) in [5.74, 6) is 1.48. The number of rotatable bonds is 3. The van der Waals surface area contributed by atoms with E-state index in [-0.39, 0.29) is 11.9 Å². The molecule has 0 aromatic carbocycles. The topological polar surface area (TPSA) is 88.8 Å². The van der Waals surface area contributed by atoms with E-state index in [0.29, 0.717) is 5.82 Å². The zero-order valence-corrected chi connectivity index (χ0v) is 14.2. The van der Waals surface area contributed by atoms with Gasteiger partial charge in [-0.25, -0.2) is 9.97 Å². The second kappa shape index (κ2) is 6.12. The third kappa shape index (κ3) is 2.90. The summed E-state index contributed by atoms with van der Waals surface area (Å²) < 4.78 is 1.75. The van der Waals surface area contributed by atoms with Crippen LogP contribution in [0.1, 0.15) is 13.3 Å². The lowest BCUT2D eigenvalue weighted by Gasteiger charge is -2.19. The van der Waals surface area contributed by atoms with E-state index in [1.54, 1.807) is 30.2 Å². The van der Waals surface area contributed by atoms with Gasteiger partial charge in [-0.15, -0.1) is 0 Å². The van der Waals surface area contributed by atoms with Gasteiger partial charge in [0.1, 0.15) is 5.82 Å². The molecular formula is C17H19N7O. The van der Waals surface area contributed by atoms with Crippen LogP contribution in [0.2, 0.25) is 0 Å². The number of aryl methyl sites for hydroxylation is 1. The maximum Gasteiger partial charge on any atom is 0.217 e.